The van der Waals surface area contributed by atoms with Gasteiger partial charge in [-0.25, -0.2) is 8.78 Å². The lowest BCUT2D eigenvalue weighted by molar-refractivity contribution is -0.370. The van der Waals surface area contributed by atoms with Crippen LogP contribution >= 0.6 is 0 Å². The van der Waals surface area contributed by atoms with Gasteiger partial charge in [-0.15, -0.1) is 0 Å². The van der Waals surface area contributed by atoms with Crippen LogP contribution in [0.25, 0.3) is 0 Å². The van der Waals surface area contributed by atoms with Crippen LogP contribution in [0.15, 0.2) is 0 Å². The van der Waals surface area contributed by atoms with Crippen LogP contribution in [-0.2, 0) is 9.53 Å². The average molecular weight is 314 g/mol. The van der Waals surface area contributed by atoms with Crippen molar-refractivity contribution in [3.05, 3.63) is 0 Å². The molecule has 0 amide bonds. The third-order valence-corrected chi connectivity index (χ3v) is 2.72. The Bertz CT molecular complexity index is 342. The summed E-state index contributed by atoms with van der Waals surface area (Å²) >= 11 is 0. The highest BCUT2D eigenvalue weighted by molar-refractivity contribution is 5.71. The lowest BCUT2D eigenvalue weighted by atomic mass is 9.95. The highest BCUT2D eigenvalue weighted by Gasteiger charge is 2.75. The molecule has 0 heterocycles. The van der Waals surface area contributed by atoms with E-state index in [2.05, 4.69) is 4.74 Å². The van der Waals surface area contributed by atoms with Crippen LogP contribution < -0.4 is 0 Å². The van der Waals surface area contributed by atoms with E-state index in [1.54, 1.807) is 0 Å². The highest BCUT2D eigenvalue weighted by atomic mass is 19.4. The number of aliphatic hydroxyl groups is 1. The molecule has 0 saturated heterocycles. The molecule has 0 radical (unpaired) electrons. The van der Waals surface area contributed by atoms with Gasteiger partial charge in [-0.1, -0.05) is 13.8 Å². The average Bonchev–Trinajstić information content (AvgIpc) is 2.31. The Kier molecular flexibility index (Phi) is 5.82. The predicted molar refractivity (Wildman–Crippen MR) is 52.4 cm³/mol. The van der Waals surface area contributed by atoms with Gasteiger partial charge in [0.15, 0.2) is 6.61 Å². The summed E-state index contributed by atoms with van der Waals surface area (Å²) in [6, 6.07) is 0. The van der Waals surface area contributed by atoms with Gasteiger partial charge in [-0.05, 0) is 6.42 Å². The van der Waals surface area contributed by atoms with Crippen molar-refractivity contribution < 1.29 is 45.4 Å². The first-order valence-corrected chi connectivity index (χ1v) is 5.43. The number of hydrogen-bond donors (Lipinski definition) is 1. The first kappa shape index (κ1) is 18.9. The van der Waals surface area contributed by atoms with Gasteiger partial charge >= 0.3 is 18.1 Å². The van der Waals surface area contributed by atoms with E-state index in [-0.39, 0.29) is 6.42 Å². The van der Waals surface area contributed by atoms with Crippen LogP contribution in [0.5, 0.6) is 0 Å². The molecule has 0 aromatic heterocycles. The second kappa shape index (κ2) is 6.15. The molecule has 20 heavy (non-hydrogen) atoms. The fourth-order valence-electron chi connectivity index (χ4n) is 1.07. The van der Waals surface area contributed by atoms with Gasteiger partial charge < -0.3 is 9.84 Å². The summed E-state index contributed by atoms with van der Waals surface area (Å²) in [6.45, 7) is 0.440. The quantitative estimate of drug-likeness (QED) is 0.606. The Hall–Kier alpha value is -1.06. The summed E-state index contributed by atoms with van der Waals surface area (Å²) in [4.78, 5) is 11.1. The molecular formula is C10H13F7O3. The molecule has 0 spiro atoms. The fourth-order valence-corrected chi connectivity index (χ4v) is 1.07. The standard InChI is InChI=1S/C10H13F7O3/c1-3-5(2)6(18)20-4-8(13,14)9(19,7(11)12)10(15,16)17/h5,7,19H,3-4H2,1-2H3. The maximum absolute atomic E-state index is 13.2. The molecule has 0 aliphatic rings. The van der Waals surface area contributed by atoms with E-state index in [0.717, 1.165) is 0 Å². The van der Waals surface area contributed by atoms with Crippen molar-refractivity contribution in [1.82, 2.24) is 0 Å². The molecule has 1 N–H and O–H groups in total. The molecule has 2 atom stereocenters. The summed E-state index contributed by atoms with van der Waals surface area (Å²) in [5.74, 6) is -7.55. The monoisotopic (exact) mass is 314 g/mol. The Morgan fingerprint density at radius 2 is 1.65 bits per heavy atom. The number of rotatable bonds is 6. The molecule has 0 fully saturated rings. The van der Waals surface area contributed by atoms with E-state index in [1.165, 1.54) is 13.8 Å². The maximum atomic E-state index is 13.2. The van der Waals surface area contributed by atoms with Crippen LogP contribution in [0.3, 0.4) is 0 Å². The second-order valence-electron chi connectivity index (χ2n) is 4.19. The molecule has 3 nitrogen and oxygen atoms in total. The third kappa shape index (κ3) is 3.53. The largest absolute Gasteiger partial charge is 0.459 e. The van der Waals surface area contributed by atoms with Crippen molar-refractivity contribution in [2.45, 2.75) is 44.4 Å². The SMILES string of the molecule is CCC(C)C(=O)OCC(F)(F)C(O)(C(F)F)C(F)(F)F. The van der Waals surface area contributed by atoms with Crippen molar-refractivity contribution in [2.75, 3.05) is 6.61 Å². The van der Waals surface area contributed by atoms with Crippen molar-refractivity contribution in [1.29, 1.82) is 0 Å². The third-order valence-electron chi connectivity index (χ3n) is 2.72. The molecular weight excluding hydrogens is 301 g/mol. The molecule has 2 unspecified atom stereocenters. The minimum absolute atomic E-state index is 0.156. The van der Waals surface area contributed by atoms with Crippen LogP contribution in [0.1, 0.15) is 20.3 Å². The summed E-state index contributed by atoms with van der Waals surface area (Å²) in [6.07, 6.45) is -10.9. The molecule has 0 aliphatic heterocycles. The van der Waals surface area contributed by atoms with Gasteiger partial charge in [0.2, 0.25) is 0 Å². The first-order valence-electron chi connectivity index (χ1n) is 5.43. The van der Waals surface area contributed by atoms with Crippen molar-refractivity contribution >= 4 is 5.97 Å². The Morgan fingerprint density at radius 3 is 1.95 bits per heavy atom. The van der Waals surface area contributed by atoms with Gasteiger partial charge in [0.05, 0.1) is 5.92 Å². The minimum Gasteiger partial charge on any atom is -0.459 e. The zero-order valence-corrected chi connectivity index (χ0v) is 10.5. The smallest absolute Gasteiger partial charge is 0.429 e. The summed E-state index contributed by atoms with van der Waals surface area (Å²) in [5, 5.41) is 8.65. The Balaban J connectivity index is 5.14. The van der Waals surface area contributed by atoms with Crippen molar-refractivity contribution in [2.24, 2.45) is 5.92 Å². The number of hydrogen-bond acceptors (Lipinski definition) is 3. The van der Waals surface area contributed by atoms with Gasteiger partial charge in [-0.3, -0.25) is 4.79 Å². The van der Waals surface area contributed by atoms with E-state index >= 15 is 0 Å². The lowest BCUT2D eigenvalue weighted by Gasteiger charge is -2.35. The van der Waals surface area contributed by atoms with E-state index < -0.39 is 42.6 Å². The van der Waals surface area contributed by atoms with E-state index in [9.17, 15) is 35.5 Å². The second-order valence-corrected chi connectivity index (χ2v) is 4.19. The molecule has 0 saturated carbocycles. The van der Waals surface area contributed by atoms with E-state index in [0.29, 0.717) is 0 Å². The molecule has 120 valence electrons. The first-order chi connectivity index (χ1) is 8.81. The van der Waals surface area contributed by atoms with Crippen molar-refractivity contribution in [3.63, 3.8) is 0 Å². The van der Waals surface area contributed by atoms with Gasteiger partial charge in [-0.2, -0.15) is 22.0 Å². The van der Waals surface area contributed by atoms with Gasteiger partial charge in [0.25, 0.3) is 12.0 Å². The number of carbonyl (C=O) groups is 1. The minimum atomic E-state index is -6.30. The van der Waals surface area contributed by atoms with Crippen LogP contribution in [0.2, 0.25) is 0 Å². The molecule has 10 heteroatoms. The molecule has 0 aromatic rings. The van der Waals surface area contributed by atoms with E-state index in [4.69, 9.17) is 5.11 Å². The normalized spacial score (nSPS) is 17.8. The fraction of sp³-hybridized carbons (Fsp3) is 0.900. The summed E-state index contributed by atoms with van der Waals surface area (Å²) in [5.41, 5.74) is -5.59. The number of carbonyl (C=O) groups excluding carboxylic acids is 1. The molecule has 0 aromatic carbocycles. The summed E-state index contributed by atoms with van der Waals surface area (Å²) in [7, 11) is 0. The number of alkyl halides is 7. The Labute approximate surface area is 109 Å². The zero-order valence-electron chi connectivity index (χ0n) is 10.5. The molecule has 0 rings (SSSR count). The lowest BCUT2D eigenvalue weighted by Crippen LogP contribution is -2.65. The van der Waals surface area contributed by atoms with Crippen molar-refractivity contribution in [3.8, 4) is 0 Å². The highest BCUT2D eigenvalue weighted by Crippen LogP contribution is 2.46. The van der Waals surface area contributed by atoms with E-state index in [1.807, 2.05) is 0 Å². The number of ether oxygens (including phenoxy) is 1. The molecule has 0 bridgehead atoms. The maximum Gasteiger partial charge on any atom is 0.429 e. The predicted octanol–water partition coefficient (Wildman–Crippen LogP) is 2.77. The van der Waals surface area contributed by atoms with Crippen LogP contribution in [-0.4, -0.2) is 41.8 Å². The molecule has 0 aliphatic carbocycles. The topological polar surface area (TPSA) is 46.5 Å². The Morgan fingerprint density at radius 1 is 1.20 bits per heavy atom. The van der Waals surface area contributed by atoms with Gasteiger partial charge in [0.1, 0.15) is 0 Å². The van der Waals surface area contributed by atoms with Crippen LogP contribution in [0, 0.1) is 5.92 Å². The summed E-state index contributed by atoms with van der Waals surface area (Å²) < 4.78 is 91.5. The number of esters is 1. The van der Waals surface area contributed by atoms with Gasteiger partial charge in [0, 0.05) is 0 Å². The zero-order chi connectivity index (χ0) is 16.4. The van der Waals surface area contributed by atoms with Crippen LogP contribution in [0.4, 0.5) is 30.7 Å². The number of halogens is 7.